The van der Waals surface area contributed by atoms with Crippen LogP contribution in [0.25, 0.3) is 16.0 Å². The second-order valence-electron chi connectivity index (χ2n) is 2.86. The summed E-state index contributed by atoms with van der Waals surface area (Å²) in [7, 11) is 0. The predicted molar refractivity (Wildman–Crippen MR) is 55.9 cm³/mol. The molecular weight excluding hydrogens is 172 g/mol. The molecule has 2 heteroatoms. The van der Waals surface area contributed by atoms with Crippen LogP contribution in [0.2, 0.25) is 0 Å². The van der Waals surface area contributed by atoms with E-state index in [1.807, 2.05) is 36.4 Å². The molecule has 0 spiro atoms. The smallest absolute Gasteiger partial charge is 0.194 e. The van der Waals surface area contributed by atoms with E-state index in [9.17, 15) is 0 Å². The van der Waals surface area contributed by atoms with E-state index in [2.05, 4.69) is 9.83 Å². The SMILES string of the molecule is [C-]#[N+]c1ccccc1-c1ccncc1. The number of benzene rings is 1. The highest BCUT2D eigenvalue weighted by atomic mass is 14.6. The van der Waals surface area contributed by atoms with Crippen molar-refractivity contribution in [3.8, 4) is 11.1 Å². The van der Waals surface area contributed by atoms with Gasteiger partial charge in [0.05, 0.1) is 6.57 Å². The third kappa shape index (κ3) is 1.48. The van der Waals surface area contributed by atoms with Crippen LogP contribution in [0.4, 0.5) is 5.69 Å². The van der Waals surface area contributed by atoms with E-state index in [1.165, 1.54) is 0 Å². The van der Waals surface area contributed by atoms with Crippen molar-refractivity contribution in [3.63, 3.8) is 0 Å². The van der Waals surface area contributed by atoms with E-state index in [1.54, 1.807) is 12.4 Å². The van der Waals surface area contributed by atoms with Crippen molar-refractivity contribution in [2.45, 2.75) is 0 Å². The van der Waals surface area contributed by atoms with Crippen molar-refractivity contribution in [3.05, 3.63) is 60.2 Å². The molecular formula is C12H8N2. The number of nitrogens with zero attached hydrogens (tertiary/aromatic N) is 2. The summed E-state index contributed by atoms with van der Waals surface area (Å²) in [5, 5.41) is 0. The summed E-state index contributed by atoms with van der Waals surface area (Å²) in [5.41, 5.74) is 2.68. The summed E-state index contributed by atoms with van der Waals surface area (Å²) in [6.45, 7) is 7.04. The molecule has 2 nitrogen and oxygen atoms in total. The van der Waals surface area contributed by atoms with Gasteiger partial charge < -0.3 is 0 Å². The average Bonchev–Trinajstić information content (AvgIpc) is 2.30. The van der Waals surface area contributed by atoms with Crippen LogP contribution >= 0.6 is 0 Å². The second-order valence-corrected chi connectivity index (χ2v) is 2.86. The zero-order valence-electron chi connectivity index (χ0n) is 7.51. The highest BCUT2D eigenvalue weighted by Crippen LogP contribution is 2.29. The van der Waals surface area contributed by atoms with E-state index >= 15 is 0 Å². The molecule has 0 aliphatic heterocycles. The lowest BCUT2D eigenvalue weighted by Gasteiger charge is -2.02. The molecule has 0 atom stereocenters. The van der Waals surface area contributed by atoms with Gasteiger partial charge in [0.1, 0.15) is 0 Å². The zero-order valence-corrected chi connectivity index (χ0v) is 7.51. The molecule has 0 fully saturated rings. The standard InChI is InChI=1S/C12H8N2/c1-13-12-5-3-2-4-11(12)10-6-8-14-9-7-10/h2-9H. The molecule has 1 heterocycles. The Morgan fingerprint density at radius 3 is 2.43 bits per heavy atom. The van der Waals surface area contributed by atoms with Gasteiger partial charge in [-0.15, -0.1) is 0 Å². The van der Waals surface area contributed by atoms with Crippen molar-refractivity contribution < 1.29 is 0 Å². The maximum absolute atomic E-state index is 7.04. The van der Waals surface area contributed by atoms with Crippen LogP contribution < -0.4 is 0 Å². The molecule has 0 aliphatic carbocycles. The average molecular weight is 180 g/mol. The molecule has 1 aromatic carbocycles. The summed E-state index contributed by atoms with van der Waals surface area (Å²) in [5.74, 6) is 0. The highest BCUT2D eigenvalue weighted by molar-refractivity contribution is 5.77. The van der Waals surface area contributed by atoms with E-state index in [4.69, 9.17) is 6.57 Å². The molecule has 0 bridgehead atoms. The predicted octanol–water partition coefficient (Wildman–Crippen LogP) is 3.30. The first kappa shape index (κ1) is 8.46. The van der Waals surface area contributed by atoms with Crippen LogP contribution in [0.5, 0.6) is 0 Å². The molecule has 0 aliphatic rings. The summed E-state index contributed by atoms with van der Waals surface area (Å²) in [6.07, 6.45) is 3.46. The molecule has 0 saturated carbocycles. The summed E-state index contributed by atoms with van der Waals surface area (Å²) < 4.78 is 0. The quantitative estimate of drug-likeness (QED) is 0.615. The Hall–Kier alpha value is -2.14. The van der Waals surface area contributed by atoms with Crippen molar-refractivity contribution in [1.82, 2.24) is 4.98 Å². The van der Waals surface area contributed by atoms with Crippen LogP contribution in [-0.2, 0) is 0 Å². The summed E-state index contributed by atoms with van der Waals surface area (Å²) in [6, 6.07) is 11.4. The van der Waals surface area contributed by atoms with Gasteiger partial charge in [-0.2, -0.15) is 0 Å². The lowest BCUT2D eigenvalue weighted by atomic mass is 10.1. The fourth-order valence-corrected chi connectivity index (χ4v) is 1.35. The summed E-state index contributed by atoms with van der Waals surface area (Å²) in [4.78, 5) is 7.43. The monoisotopic (exact) mass is 180 g/mol. The van der Waals surface area contributed by atoms with Gasteiger partial charge in [-0.25, -0.2) is 4.85 Å². The number of aromatic nitrogens is 1. The maximum Gasteiger partial charge on any atom is 0.194 e. The number of hydrogen-bond donors (Lipinski definition) is 0. The van der Waals surface area contributed by atoms with E-state index in [0.29, 0.717) is 5.69 Å². The fourth-order valence-electron chi connectivity index (χ4n) is 1.35. The van der Waals surface area contributed by atoms with Crippen molar-refractivity contribution in [2.75, 3.05) is 0 Å². The fraction of sp³-hybridized carbons (Fsp3) is 0. The first-order chi connectivity index (χ1) is 6.92. The largest absolute Gasteiger partial charge is 0.265 e. The number of para-hydroxylation sites is 1. The van der Waals surface area contributed by atoms with Crippen LogP contribution in [0.3, 0.4) is 0 Å². The van der Waals surface area contributed by atoms with Crippen LogP contribution in [0.1, 0.15) is 0 Å². The first-order valence-corrected chi connectivity index (χ1v) is 4.28. The van der Waals surface area contributed by atoms with E-state index < -0.39 is 0 Å². The van der Waals surface area contributed by atoms with E-state index in [0.717, 1.165) is 11.1 Å². The molecule has 2 aromatic rings. The normalized spacial score (nSPS) is 9.36. The number of rotatable bonds is 1. The Balaban J connectivity index is 2.58. The minimum Gasteiger partial charge on any atom is -0.265 e. The number of pyridine rings is 1. The Labute approximate surface area is 82.7 Å². The maximum atomic E-state index is 7.04. The molecule has 0 unspecified atom stereocenters. The zero-order chi connectivity index (χ0) is 9.80. The highest BCUT2D eigenvalue weighted by Gasteiger charge is 2.02. The van der Waals surface area contributed by atoms with Crippen molar-refractivity contribution in [1.29, 1.82) is 0 Å². The first-order valence-electron chi connectivity index (χ1n) is 4.28. The second kappa shape index (κ2) is 3.71. The van der Waals surface area contributed by atoms with Gasteiger partial charge in [-0.1, -0.05) is 24.3 Å². The molecule has 2 rings (SSSR count). The molecule has 0 amide bonds. The van der Waals surface area contributed by atoms with E-state index in [-0.39, 0.29) is 0 Å². The van der Waals surface area contributed by atoms with Gasteiger partial charge in [0, 0.05) is 12.4 Å². The van der Waals surface area contributed by atoms with Crippen molar-refractivity contribution >= 4 is 5.69 Å². The van der Waals surface area contributed by atoms with Crippen molar-refractivity contribution in [2.24, 2.45) is 0 Å². The molecule has 0 radical (unpaired) electrons. The minimum atomic E-state index is 0.679. The van der Waals surface area contributed by atoms with Gasteiger partial charge in [0.2, 0.25) is 0 Å². The van der Waals surface area contributed by atoms with Gasteiger partial charge in [-0.3, -0.25) is 4.98 Å². The van der Waals surface area contributed by atoms with Gasteiger partial charge in [0.25, 0.3) is 0 Å². The molecule has 66 valence electrons. The topological polar surface area (TPSA) is 17.2 Å². The molecule has 0 N–H and O–H groups in total. The molecule has 14 heavy (non-hydrogen) atoms. The van der Waals surface area contributed by atoms with Gasteiger partial charge in [0.15, 0.2) is 5.69 Å². The lowest BCUT2D eigenvalue weighted by Crippen LogP contribution is -1.77. The van der Waals surface area contributed by atoms with Crippen LogP contribution in [0.15, 0.2) is 48.8 Å². The van der Waals surface area contributed by atoms with Gasteiger partial charge >= 0.3 is 0 Å². The number of hydrogen-bond acceptors (Lipinski definition) is 1. The summed E-state index contributed by atoms with van der Waals surface area (Å²) >= 11 is 0. The molecule has 0 saturated heterocycles. The Bertz CT molecular complexity index is 469. The third-order valence-corrected chi connectivity index (χ3v) is 2.02. The van der Waals surface area contributed by atoms with Gasteiger partial charge in [-0.05, 0) is 23.3 Å². The minimum absolute atomic E-state index is 0.679. The lowest BCUT2D eigenvalue weighted by molar-refractivity contribution is 1.33. The Kier molecular flexibility index (Phi) is 2.24. The Morgan fingerprint density at radius 1 is 1.00 bits per heavy atom. The Morgan fingerprint density at radius 2 is 1.71 bits per heavy atom. The van der Waals surface area contributed by atoms with Crippen LogP contribution in [-0.4, -0.2) is 4.98 Å². The van der Waals surface area contributed by atoms with Crippen LogP contribution in [0, 0.1) is 6.57 Å². The molecule has 1 aromatic heterocycles. The third-order valence-electron chi connectivity index (χ3n) is 2.02.